The van der Waals surface area contributed by atoms with Gasteiger partial charge in [-0.15, -0.1) is 0 Å². The standard InChI is InChI=1S/C15H24N4O2/c20-15(21)14-10-16-7-9-18(14)11-12-6-8-19(17-12)13-4-2-1-3-5-13/h6,8,13-14,16H,1-5,7,9-11H2,(H,20,21). The summed E-state index contributed by atoms with van der Waals surface area (Å²) in [6.45, 7) is 2.73. The molecule has 1 aromatic rings. The lowest BCUT2D eigenvalue weighted by molar-refractivity contribution is -0.144. The predicted octanol–water partition coefficient (Wildman–Crippen LogP) is 1.25. The van der Waals surface area contributed by atoms with Gasteiger partial charge in [-0.05, 0) is 18.9 Å². The van der Waals surface area contributed by atoms with Gasteiger partial charge >= 0.3 is 5.97 Å². The van der Waals surface area contributed by atoms with Crippen LogP contribution in [-0.2, 0) is 11.3 Å². The molecule has 2 heterocycles. The molecular formula is C15H24N4O2. The molecule has 2 aliphatic rings. The topological polar surface area (TPSA) is 70.4 Å². The monoisotopic (exact) mass is 292 g/mol. The van der Waals surface area contributed by atoms with Gasteiger partial charge in [0, 0.05) is 32.4 Å². The lowest BCUT2D eigenvalue weighted by Crippen LogP contribution is -2.54. The van der Waals surface area contributed by atoms with E-state index in [1.54, 1.807) is 0 Å². The lowest BCUT2D eigenvalue weighted by atomic mass is 9.96. The van der Waals surface area contributed by atoms with Crippen LogP contribution in [0.25, 0.3) is 0 Å². The van der Waals surface area contributed by atoms with Gasteiger partial charge in [0.2, 0.25) is 0 Å². The number of hydrogen-bond acceptors (Lipinski definition) is 4. The summed E-state index contributed by atoms with van der Waals surface area (Å²) in [5.74, 6) is -0.756. The molecule has 1 unspecified atom stereocenters. The average Bonchev–Trinajstić information content (AvgIpc) is 2.97. The summed E-state index contributed by atoms with van der Waals surface area (Å²) < 4.78 is 2.09. The molecule has 1 aliphatic carbocycles. The van der Waals surface area contributed by atoms with Gasteiger partial charge in [0.1, 0.15) is 6.04 Å². The number of carbonyl (C=O) groups is 1. The van der Waals surface area contributed by atoms with Gasteiger partial charge in [-0.2, -0.15) is 5.10 Å². The zero-order valence-corrected chi connectivity index (χ0v) is 12.4. The molecule has 1 aliphatic heterocycles. The predicted molar refractivity (Wildman–Crippen MR) is 79.1 cm³/mol. The number of aromatic nitrogens is 2. The Bertz CT molecular complexity index is 482. The van der Waals surface area contributed by atoms with Crippen molar-refractivity contribution in [1.82, 2.24) is 20.0 Å². The molecule has 1 saturated heterocycles. The van der Waals surface area contributed by atoms with Crippen molar-refractivity contribution in [2.75, 3.05) is 19.6 Å². The maximum Gasteiger partial charge on any atom is 0.322 e. The zero-order valence-electron chi connectivity index (χ0n) is 12.4. The lowest BCUT2D eigenvalue weighted by Gasteiger charge is -2.32. The Hall–Kier alpha value is -1.40. The minimum Gasteiger partial charge on any atom is -0.480 e. The number of carboxylic acids is 1. The second-order valence-electron chi connectivity index (χ2n) is 6.11. The third kappa shape index (κ3) is 3.44. The minimum absolute atomic E-state index is 0.446. The maximum atomic E-state index is 11.3. The van der Waals surface area contributed by atoms with E-state index in [2.05, 4.69) is 21.3 Å². The molecule has 0 radical (unpaired) electrons. The van der Waals surface area contributed by atoms with E-state index in [9.17, 15) is 9.90 Å². The van der Waals surface area contributed by atoms with Gasteiger partial charge in [-0.25, -0.2) is 0 Å². The van der Waals surface area contributed by atoms with E-state index in [1.165, 1.54) is 32.1 Å². The van der Waals surface area contributed by atoms with Gasteiger partial charge in [0.15, 0.2) is 0 Å². The Morgan fingerprint density at radius 1 is 1.38 bits per heavy atom. The van der Waals surface area contributed by atoms with Crippen molar-refractivity contribution in [1.29, 1.82) is 0 Å². The largest absolute Gasteiger partial charge is 0.480 e. The number of hydrogen-bond donors (Lipinski definition) is 2. The van der Waals surface area contributed by atoms with Crippen LogP contribution in [0.1, 0.15) is 43.8 Å². The van der Waals surface area contributed by atoms with Crippen LogP contribution in [0.2, 0.25) is 0 Å². The molecule has 2 N–H and O–H groups in total. The maximum absolute atomic E-state index is 11.3. The first-order valence-electron chi connectivity index (χ1n) is 7.95. The smallest absolute Gasteiger partial charge is 0.322 e. The molecule has 2 fully saturated rings. The third-order valence-corrected chi connectivity index (χ3v) is 4.62. The van der Waals surface area contributed by atoms with Crippen molar-refractivity contribution < 1.29 is 9.90 Å². The van der Waals surface area contributed by atoms with E-state index in [0.717, 1.165) is 18.8 Å². The highest BCUT2D eigenvalue weighted by Crippen LogP contribution is 2.27. The van der Waals surface area contributed by atoms with Crippen molar-refractivity contribution in [3.05, 3.63) is 18.0 Å². The minimum atomic E-state index is -0.756. The van der Waals surface area contributed by atoms with E-state index < -0.39 is 12.0 Å². The van der Waals surface area contributed by atoms with E-state index in [0.29, 0.717) is 19.1 Å². The Labute approximate surface area is 125 Å². The molecule has 116 valence electrons. The Balaban J connectivity index is 1.64. The summed E-state index contributed by atoms with van der Waals surface area (Å²) in [6, 6.07) is 2.12. The van der Waals surface area contributed by atoms with Crippen LogP contribution in [-0.4, -0.2) is 51.4 Å². The van der Waals surface area contributed by atoms with Gasteiger partial charge in [0.05, 0.1) is 11.7 Å². The van der Waals surface area contributed by atoms with Gasteiger partial charge in [0.25, 0.3) is 0 Å². The van der Waals surface area contributed by atoms with Crippen LogP contribution in [0.4, 0.5) is 0 Å². The van der Waals surface area contributed by atoms with Gasteiger partial charge in [-0.3, -0.25) is 14.4 Å². The number of piperazine rings is 1. The fourth-order valence-corrected chi connectivity index (χ4v) is 3.40. The number of aliphatic carboxylic acids is 1. The summed E-state index contributed by atoms with van der Waals surface area (Å²) in [5, 5.41) is 17.1. The van der Waals surface area contributed by atoms with E-state index >= 15 is 0 Å². The Kier molecular flexibility index (Phi) is 4.55. The molecule has 6 nitrogen and oxygen atoms in total. The Morgan fingerprint density at radius 3 is 2.95 bits per heavy atom. The zero-order chi connectivity index (χ0) is 14.7. The summed E-state index contributed by atoms with van der Waals surface area (Å²) in [6.07, 6.45) is 8.41. The fraction of sp³-hybridized carbons (Fsp3) is 0.733. The number of rotatable bonds is 4. The summed E-state index contributed by atoms with van der Waals surface area (Å²) >= 11 is 0. The molecule has 1 saturated carbocycles. The van der Waals surface area contributed by atoms with Gasteiger partial charge < -0.3 is 10.4 Å². The summed E-state index contributed by atoms with van der Waals surface area (Å²) in [7, 11) is 0. The van der Waals surface area contributed by atoms with Crippen molar-refractivity contribution in [3.63, 3.8) is 0 Å². The summed E-state index contributed by atoms with van der Waals surface area (Å²) in [4.78, 5) is 13.3. The summed E-state index contributed by atoms with van der Waals surface area (Å²) in [5.41, 5.74) is 0.980. The van der Waals surface area contributed by atoms with Crippen molar-refractivity contribution in [3.8, 4) is 0 Å². The molecule has 6 heteroatoms. The van der Waals surface area contributed by atoms with Crippen molar-refractivity contribution in [2.24, 2.45) is 0 Å². The molecule has 1 atom stereocenters. The van der Waals surface area contributed by atoms with Crippen LogP contribution < -0.4 is 5.32 Å². The second kappa shape index (κ2) is 6.58. The first-order chi connectivity index (χ1) is 10.2. The highest BCUT2D eigenvalue weighted by Gasteiger charge is 2.28. The molecular weight excluding hydrogens is 268 g/mol. The number of carboxylic acid groups (broad SMARTS) is 1. The Morgan fingerprint density at radius 2 is 2.19 bits per heavy atom. The molecule has 1 aromatic heterocycles. The average molecular weight is 292 g/mol. The molecule has 0 amide bonds. The molecule has 0 spiro atoms. The SMILES string of the molecule is O=C(O)C1CNCCN1Cc1ccn(C2CCCCC2)n1. The van der Waals surface area contributed by atoms with E-state index in [-0.39, 0.29) is 0 Å². The molecule has 0 bridgehead atoms. The highest BCUT2D eigenvalue weighted by atomic mass is 16.4. The quantitative estimate of drug-likeness (QED) is 0.874. The van der Waals surface area contributed by atoms with E-state index in [4.69, 9.17) is 0 Å². The second-order valence-corrected chi connectivity index (χ2v) is 6.11. The van der Waals surface area contributed by atoms with Crippen LogP contribution >= 0.6 is 0 Å². The fourth-order valence-electron chi connectivity index (χ4n) is 3.40. The first kappa shape index (κ1) is 14.5. The highest BCUT2D eigenvalue weighted by molar-refractivity contribution is 5.73. The molecule has 3 rings (SSSR count). The van der Waals surface area contributed by atoms with Gasteiger partial charge in [-0.1, -0.05) is 19.3 Å². The van der Waals surface area contributed by atoms with Crippen LogP contribution in [0.3, 0.4) is 0 Å². The molecule has 21 heavy (non-hydrogen) atoms. The first-order valence-corrected chi connectivity index (χ1v) is 7.95. The normalized spacial score (nSPS) is 25.0. The van der Waals surface area contributed by atoms with Crippen LogP contribution in [0.5, 0.6) is 0 Å². The number of nitrogens with one attached hydrogen (secondary N) is 1. The van der Waals surface area contributed by atoms with E-state index in [1.807, 2.05) is 11.0 Å². The van der Waals surface area contributed by atoms with Crippen LogP contribution in [0.15, 0.2) is 12.3 Å². The third-order valence-electron chi connectivity index (χ3n) is 4.62. The molecule has 0 aromatic carbocycles. The van der Waals surface area contributed by atoms with Crippen molar-refractivity contribution in [2.45, 2.75) is 50.7 Å². The van der Waals surface area contributed by atoms with Crippen molar-refractivity contribution >= 4 is 5.97 Å². The van der Waals surface area contributed by atoms with Crippen LogP contribution in [0, 0.1) is 0 Å². The number of nitrogens with zero attached hydrogens (tertiary/aromatic N) is 3.